The van der Waals surface area contributed by atoms with Gasteiger partial charge < -0.3 is 29.6 Å². The normalized spacial score (nSPS) is 18.6. The number of hydrogen-bond acceptors (Lipinski definition) is 6. The van der Waals surface area contributed by atoms with Crippen LogP contribution < -0.4 is 10.6 Å². The molecule has 8 nitrogen and oxygen atoms in total. The Balaban J connectivity index is 1.80. The molecule has 0 aromatic heterocycles. The van der Waals surface area contributed by atoms with Crippen molar-refractivity contribution in [2.24, 2.45) is 11.8 Å². The molecule has 0 aromatic carbocycles. The molecule has 0 unspecified atom stereocenters. The molecule has 32 heavy (non-hydrogen) atoms. The molecule has 2 amide bonds. The molecule has 0 heterocycles. The summed E-state index contributed by atoms with van der Waals surface area (Å²) in [5, 5.41) is 5.68. The Kier molecular flexibility index (Phi) is 14.8. The topological polar surface area (TPSA) is 95.1 Å². The van der Waals surface area contributed by atoms with Crippen LogP contribution >= 0.6 is 0 Å². The Morgan fingerprint density at radius 1 is 0.844 bits per heavy atom. The minimum atomic E-state index is -0.486. The van der Waals surface area contributed by atoms with Crippen LogP contribution in [-0.2, 0) is 23.7 Å². The summed E-state index contributed by atoms with van der Waals surface area (Å²) in [4.78, 5) is 23.6. The van der Waals surface area contributed by atoms with Crippen molar-refractivity contribution >= 4 is 12.0 Å². The second kappa shape index (κ2) is 16.8. The molecule has 0 saturated heterocycles. The van der Waals surface area contributed by atoms with Gasteiger partial charge in [0.15, 0.2) is 0 Å². The molecule has 1 rings (SSSR count). The summed E-state index contributed by atoms with van der Waals surface area (Å²) in [6.45, 7) is 9.80. The Morgan fingerprint density at radius 2 is 1.34 bits per heavy atom. The molecule has 0 spiro atoms. The molecule has 2 N–H and O–H groups in total. The van der Waals surface area contributed by atoms with Gasteiger partial charge in [-0.15, -0.1) is 12.3 Å². The van der Waals surface area contributed by atoms with Crippen molar-refractivity contribution in [3.63, 3.8) is 0 Å². The maximum absolute atomic E-state index is 12.1. The Hall–Kier alpha value is -1.82. The smallest absolute Gasteiger partial charge is 0.407 e. The standard InChI is InChI=1S/C24H42N2O6/c1-5-20-8-10-21(11-9-20)22(27)25-12-6-14-29-16-18-31-19-17-30-15-7-13-26-23(28)32-24(2,3)4/h1,20-21H,6-19H2,2-4H3,(H,25,27)(H,26,28). The van der Waals surface area contributed by atoms with E-state index in [4.69, 9.17) is 25.4 Å². The molecule has 0 aromatic rings. The van der Waals surface area contributed by atoms with Crippen molar-refractivity contribution in [1.29, 1.82) is 0 Å². The van der Waals surface area contributed by atoms with Crippen LogP contribution in [0.15, 0.2) is 0 Å². The molecule has 184 valence electrons. The predicted octanol–water partition coefficient (Wildman–Crippen LogP) is 2.90. The van der Waals surface area contributed by atoms with E-state index in [9.17, 15) is 9.59 Å². The van der Waals surface area contributed by atoms with Gasteiger partial charge in [0.05, 0.1) is 26.4 Å². The number of amides is 2. The van der Waals surface area contributed by atoms with Crippen LogP contribution in [0.3, 0.4) is 0 Å². The highest BCUT2D eigenvalue weighted by Crippen LogP contribution is 2.28. The third kappa shape index (κ3) is 15.1. The van der Waals surface area contributed by atoms with Gasteiger partial charge in [-0.25, -0.2) is 4.79 Å². The number of alkyl carbamates (subject to hydrolysis) is 1. The van der Waals surface area contributed by atoms with Gasteiger partial charge >= 0.3 is 6.09 Å². The second-order valence-electron chi connectivity index (χ2n) is 8.98. The highest BCUT2D eigenvalue weighted by molar-refractivity contribution is 5.78. The van der Waals surface area contributed by atoms with Gasteiger partial charge in [0, 0.05) is 38.1 Å². The lowest BCUT2D eigenvalue weighted by Gasteiger charge is -2.24. The number of carbonyl (C=O) groups is 2. The number of terminal acetylenes is 1. The van der Waals surface area contributed by atoms with E-state index in [0.717, 1.165) is 32.1 Å². The number of hydrogen-bond donors (Lipinski definition) is 2. The molecule has 0 atom stereocenters. The van der Waals surface area contributed by atoms with E-state index >= 15 is 0 Å². The molecular formula is C24H42N2O6. The Bertz CT molecular complexity index is 562. The largest absolute Gasteiger partial charge is 0.444 e. The van der Waals surface area contributed by atoms with Gasteiger partial charge in [-0.3, -0.25) is 4.79 Å². The van der Waals surface area contributed by atoms with Crippen LogP contribution in [0.5, 0.6) is 0 Å². The van der Waals surface area contributed by atoms with E-state index < -0.39 is 11.7 Å². The van der Waals surface area contributed by atoms with Crippen molar-refractivity contribution in [3.8, 4) is 12.3 Å². The first-order valence-corrected chi connectivity index (χ1v) is 11.8. The number of ether oxygens (including phenoxy) is 4. The minimum Gasteiger partial charge on any atom is -0.444 e. The van der Waals surface area contributed by atoms with Gasteiger partial charge in [0.1, 0.15) is 5.60 Å². The average Bonchev–Trinajstić information content (AvgIpc) is 2.75. The molecule has 1 aliphatic rings. The highest BCUT2D eigenvalue weighted by atomic mass is 16.6. The quantitative estimate of drug-likeness (QED) is 0.292. The zero-order valence-corrected chi connectivity index (χ0v) is 20.1. The lowest BCUT2D eigenvalue weighted by Crippen LogP contribution is -2.34. The summed E-state index contributed by atoms with van der Waals surface area (Å²) in [6, 6.07) is 0. The summed E-state index contributed by atoms with van der Waals surface area (Å²) in [7, 11) is 0. The summed E-state index contributed by atoms with van der Waals surface area (Å²) in [6.07, 6.45) is 10.2. The van der Waals surface area contributed by atoms with Crippen LogP contribution in [0, 0.1) is 24.2 Å². The van der Waals surface area contributed by atoms with Crippen LogP contribution in [-0.4, -0.2) is 70.3 Å². The minimum absolute atomic E-state index is 0.109. The van der Waals surface area contributed by atoms with E-state index in [0.29, 0.717) is 65.1 Å². The number of rotatable bonds is 15. The van der Waals surface area contributed by atoms with Crippen LogP contribution in [0.1, 0.15) is 59.3 Å². The first-order chi connectivity index (χ1) is 15.3. The fourth-order valence-electron chi connectivity index (χ4n) is 3.27. The Labute approximate surface area is 193 Å². The van der Waals surface area contributed by atoms with Crippen molar-refractivity contribution in [1.82, 2.24) is 10.6 Å². The first-order valence-electron chi connectivity index (χ1n) is 11.8. The Morgan fingerprint density at radius 3 is 1.84 bits per heavy atom. The predicted molar refractivity (Wildman–Crippen MR) is 123 cm³/mol. The first kappa shape index (κ1) is 28.2. The summed E-state index contributed by atoms with van der Waals surface area (Å²) >= 11 is 0. The van der Waals surface area contributed by atoms with Crippen LogP contribution in [0.25, 0.3) is 0 Å². The van der Waals surface area contributed by atoms with Crippen LogP contribution in [0.4, 0.5) is 4.79 Å². The van der Waals surface area contributed by atoms with Crippen molar-refractivity contribution in [2.75, 3.05) is 52.7 Å². The maximum atomic E-state index is 12.1. The second-order valence-corrected chi connectivity index (χ2v) is 8.98. The molecule has 0 bridgehead atoms. The molecule has 1 saturated carbocycles. The fraction of sp³-hybridized carbons (Fsp3) is 0.833. The lowest BCUT2D eigenvalue weighted by molar-refractivity contribution is -0.126. The molecular weight excluding hydrogens is 412 g/mol. The number of nitrogens with one attached hydrogen (secondary N) is 2. The monoisotopic (exact) mass is 454 g/mol. The molecule has 8 heteroatoms. The van der Waals surface area contributed by atoms with Gasteiger partial charge in [-0.1, -0.05) is 0 Å². The highest BCUT2D eigenvalue weighted by Gasteiger charge is 2.24. The van der Waals surface area contributed by atoms with Crippen LogP contribution in [0.2, 0.25) is 0 Å². The van der Waals surface area contributed by atoms with E-state index in [1.54, 1.807) is 0 Å². The van der Waals surface area contributed by atoms with Gasteiger partial charge in [-0.2, -0.15) is 0 Å². The van der Waals surface area contributed by atoms with Crippen molar-refractivity contribution in [3.05, 3.63) is 0 Å². The van der Waals surface area contributed by atoms with Gasteiger partial charge in [0.2, 0.25) is 5.91 Å². The van der Waals surface area contributed by atoms with E-state index in [2.05, 4.69) is 16.6 Å². The third-order valence-electron chi connectivity index (χ3n) is 4.98. The van der Waals surface area contributed by atoms with E-state index in [1.807, 2.05) is 20.8 Å². The molecule has 0 aliphatic heterocycles. The molecule has 1 fully saturated rings. The summed E-state index contributed by atoms with van der Waals surface area (Å²) < 4.78 is 21.6. The van der Waals surface area contributed by atoms with Gasteiger partial charge in [0.25, 0.3) is 0 Å². The van der Waals surface area contributed by atoms with Gasteiger partial charge in [-0.05, 0) is 59.3 Å². The summed E-state index contributed by atoms with van der Waals surface area (Å²) in [5.74, 6) is 3.38. The SMILES string of the molecule is C#CC1CCC(C(=O)NCCCOCCOCCOCCCNC(=O)OC(C)(C)C)CC1. The average molecular weight is 455 g/mol. The van der Waals surface area contributed by atoms with Crippen molar-refractivity contribution < 1.29 is 28.5 Å². The maximum Gasteiger partial charge on any atom is 0.407 e. The molecule has 1 aliphatic carbocycles. The van der Waals surface area contributed by atoms with E-state index in [1.165, 1.54) is 0 Å². The molecule has 0 radical (unpaired) electrons. The zero-order valence-electron chi connectivity index (χ0n) is 20.1. The van der Waals surface area contributed by atoms with E-state index in [-0.39, 0.29) is 11.8 Å². The fourth-order valence-corrected chi connectivity index (χ4v) is 3.27. The third-order valence-corrected chi connectivity index (χ3v) is 4.98. The zero-order chi connectivity index (χ0) is 23.7. The number of carbonyl (C=O) groups excluding carboxylic acids is 2. The van der Waals surface area contributed by atoms with Crippen molar-refractivity contribution in [2.45, 2.75) is 64.9 Å². The summed E-state index contributed by atoms with van der Waals surface area (Å²) in [5.41, 5.74) is -0.486. The lowest BCUT2D eigenvalue weighted by atomic mass is 9.82.